The molecule has 0 radical (unpaired) electrons. The van der Waals surface area contributed by atoms with Gasteiger partial charge in [-0.1, -0.05) is 36.8 Å². The second kappa shape index (κ2) is 6.93. The van der Waals surface area contributed by atoms with Crippen LogP contribution in [0.25, 0.3) is 0 Å². The lowest BCUT2D eigenvalue weighted by atomic mass is 10.2. The summed E-state index contributed by atoms with van der Waals surface area (Å²) in [7, 11) is 0. The van der Waals surface area contributed by atoms with E-state index < -0.39 is 6.10 Å². The summed E-state index contributed by atoms with van der Waals surface area (Å²) < 4.78 is 5.79. The molecule has 0 bridgehead atoms. The van der Waals surface area contributed by atoms with E-state index in [0.717, 1.165) is 22.6 Å². The largest absolute Gasteiger partial charge is 0.481 e. The van der Waals surface area contributed by atoms with Gasteiger partial charge in [-0.25, -0.2) is 0 Å². The molecular formula is C18H21NO2. The van der Waals surface area contributed by atoms with Crippen LogP contribution in [-0.2, 0) is 4.79 Å². The number of aryl methyl sites for hydroxylation is 2. The molecule has 110 valence electrons. The normalized spacial score (nSPS) is 11.8. The van der Waals surface area contributed by atoms with Crippen LogP contribution in [0.3, 0.4) is 0 Å². The highest BCUT2D eigenvalue weighted by Crippen LogP contribution is 2.17. The molecule has 0 fully saturated rings. The molecule has 21 heavy (non-hydrogen) atoms. The number of carbonyl (C=O) groups is 1. The first kappa shape index (κ1) is 15.1. The van der Waals surface area contributed by atoms with E-state index in [4.69, 9.17) is 4.74 Å². The minimum Gasteiger partial charge on any atom is -0.481 e. The van der Waals surface area contributed by atoms with E-state index in [1.54, 1.807) is 0 Å². The van der Waals surface area contributed by atoms with E-state index in [1.165, 1.54) is 0 Å². The van der Waals surface area contributed by atoms with E-state index in [-0.39, 0.29) is 5.91 Å². The molecule has 2 aromatic rings. The van der Waals surface area contributed by atoms with Crippen LogP contribution in [-0.4, -0.2) is 12.0 Å². The summed E-state index contributed by atoms with van der Waals surface area (Å²) in [5, 5.41) is 2.89. The molecule has 0 spiro atoms. The zero-order chi connectivity index (χ0) is 15.2. The fraction of sp³-hybridized carbons (Fsp3) is 0.278. The standard InChI is InChI=1S/C18H21NO2/c1-4-17(21-16-7-5-6-14(3)12-16)18(20)19-15-10-8-13(2)9-11-15/h5-12,17H,4H2,1-3H3,(H,19,20)/t17-/m0/s1. The van der Waals surface area contributed by atoms with E-state index in [2.05, 4.69) is 5.32 Å². The molecule has 2 rings (SSSR count). The van der Waals surface area contributed by atoms with E-state index >= 15 is 0 Å². The number of carbonyl (C=O) groups excluding carboxylic acids is 1. The van der Waals surface area contributed by atoms with Gasteiger partial charge < -0.3 is 10.1 Å². The molecule has 0 saturated carbocycles. The molecule has 0 aliphatic rings. The third-order valence-electron chi connectivity index (χ3n) is 3.25. The van der Waals surface area contributed by atoms with Crippen molar-refractivity contribution < 1.29 is 9.53 Å². The Balaban J connectivity index is 2.03. The van der Waals surface area contributed by atoms with Crippen LogP contribution >= 0.6 is 0 Å². The lowest BCUT2D eigenvalue weighted by molar-refractivity contribution is -0.122. The van der Waals surface area contributed by atoms with Crippen LogP contribution in [0.2, 0.25) is 0 Å². The Labute approximate surface area is 126 Å². The SMILES string of the molecule is CC[C@H](Oc1cccc(C)c1)C(=O)Nc1ccc(C)cc1. The molecule has 2 aromatic carbocycles. The maximum atomic E-state index is 12.3. The van der Waals surface area contributed by atoms with Gasteiger partial charge in [0, 0.05) is 5.69 Å². The smallest absolute Gasteiger partial charge is 0.265 e. The second-order valence-corrected chi connectivity index (χ2v) is 5.19. The molecule has 0 aromatic heterocycles. The predicted octanol–water partition coefficient (Wildman–Crippen LogP) is 4.10. The highest BCUT2D eigenvalue weighted by atomic mass is 16.5. The fourth-order valence-electron chi connectivity index (χ4n) is 2.03. The van der Waals surface area contributed by atoms with Crippen LogP contribution in [0.4, 0.5) is 5.69 Å². The maximum Gasteiger partial charge on any atom is 0.265 e. The highest BCUT2D eigenvalue weighted by molar-refractivity contribution is 5.94. The molecule has 1 atom stereocenters. The highest BCUT2D eigenvalue weighted by Gasteiger charge is 2.18. The number of anilines is 1. The monoisotopic (exact) mass is 283 g/mol. The second-order valence-electron chi connectivity index (χ2n) is 5.19. The van der Waals surface area contributed by atoms with Crippen LogP contribution in [0.15, 0.2) is 48.5 Å². The van der Waals surface area contributed by atoms with Crippen molar-refractivity contribution in [1.82, 2.24) is 0 Å². The summed E-state index contributed by atoms with van der Waals surface area (Å²) in [6, 6.07) is 15.5. The van der Waals surface area contributed by atoms with E-state index in [9.17, 15) is 4.79 Å². The third kappa shape index (κ3) is 4.35. The number of rotatable bonds is 5. The predicted molar refractivity (Wildman–Crippen MR) is 85.7 cm³/mol. The minimum absolute atomic E-state index is 0.122. The van der Waals surface area contributed by atoms with Gasteiger partial charge in [-0.15, -0.1) is 0 Å². The van der Waals surface area contributed by atoms with E-state index in [0.29, 0.717) is 6.42 Å². The van der Waals surface area contributed by atoms with Gasteiger partial charge in [0.15, 0.2) is 6.10 Å². The topological polar surface area (TPSA) is 38.3 Å². The van der Waals surface area contributed by atoms with Gasteiger partial charge in [0.05, 0.1) is 0 Å². The van der Waals surface area contributed by atoms with Crippen molar-refractivity contribution >= 4 is 11.6 Å². The lowest BCUT2D eigenvalue weighted by Gasteiger charge is -2.17. The molecule has 0 heterocycles. The number of benzene rings is 2. The average molecular weight is 283 g/mol. The van der Waals surface area contributed by atoms with Gasteiger partial charge in [0.2, 0.25) is 0 Å². The molecule has 0 saturated heterocycles. The van der Waals surface area contributed by atoms with Crippen molar-refractivity contribution in [1.29, 1.82) is 0 Å². The summed E-state index contributed by atoms with van der Waals surface area (Å²) >= 11 is 0. The van der Waals surface area contributed by atoms with Crippen LogP contribution in [0.5, 0.6) is 5.75 Å². The summed E-state index contributed by atoms with van der Waals surface area (Å²) in [5.74, 6) is 0.601. The summed E-state index contributed by atoms with van der Waals surface area (Å²) in [6.45, 7) is 5.96. The van der Waals surface area contributed by atoms with Gasteiger partial charge in [0.1, 0.15) is 5.75 Å². The third-order valence-corrected chi connectivity index (χ3v) is 3.25. The Morgan fingerprint density at radius 2 is 1.81 bits per heavy atom. The first-order chi connectivity index (χ1) is 10.1. The first-order valence-electron chi connectivity index (χ1n) is 7.19. The molecular weight excluding hydrogens is 262 g/mol. The van der Waals surface area contributed by atoms with Crippen LogP contribution < -0.4 is 10.1 Å². The van der Waals surface area contributed by atoms with Crippen molar-refractivity contribution in [2.45, 2.75) is 33.3 Å². The van der Waals surface area contributed by atoms with Gasteiger partial charge in [-0.05, 0) is 50.1 Å². The van der Waals surface area contributed by atoms with Gasteiger partial charge in [0.25, 0.3) is 5.91 Å². The van der Waals surface area contributed by atoms with Gasteiger partial charge >= 0.3 is 0 Å². The summed E-state index contributed by atoms with van der Waals surface area (Å²) in [4.78, 5) is 12.3. The van der Waals surface area contributed by atoms with Gasteiger partial charge in [-0.2, -0.15) is 0 Å². The number of ether oxygens (including phenoxy) is 1. The Kier molecular flexibility index (Phi) is 4.99. The summed E-state index contributed by atoms with van der Waals surface area (Å²) in [5.41, 5.74) is 3.06. The Morgan fingerprint density at radius 3 is 2.43 bits per heavy atom. The van der Waals surface area contributed by atoms with Gasteiger partial charge in [-0.3, -0.25) is 4.79 Å². The number of hydrogen-bond donors (Lipinski definition) is 1. The molecule has 0 aliphatic carbocycles. The van der Waals surface area contributed by atoms with Crippen molar-refractivity contribution in [2.24, 2.45) is 0 Å². The quantitative estimate of drug-likeness (QED) is 0.897. The average Bonchev–Trinajstić information content (AvgIpc) is 2.47. The number of amides is 1. The maximum absolute atomic E-state index is 12.3. The molecule has 1 N–H and O–H groups in total. The molecule has 0 aliphatic heterocycles. The van der Waals surface area contributed by atoms with Crippen molar-refractivity contribution in [2.75, 3.05) is 5.32 Å². The lowest BCUT2D eigenvalue weighted by Crippen LogP contribution is -2.32. The van der Waals surface area contributed by atoms with Crippen molar-refractivity contribution in [3.8, 4) is 5.75 Å². The Morgan fingerprint density at radius 1 is 1.10 bits per heavy atom. The minimum atomic E-state index is -0.492. The van der Waals surface area contributed by atoms with Crippen molar-refractivity contribution in [3.05, 3.63) is 59.7 Å². The molecule has 0 unspecified atom stereocenters. The number of hydrogen-bond acceptors (Lipinski definition) is 2. The first-order valence-corrected chi connectivity index (χ1v) is 7.19. The van der Waals surface area contributed by atoms with Crippen LogP contribution in [0.1, 0.15) is 24.5 Å². The van der Waals surface area contributed by atoms with E-state index in [1.807, 2.05) is 69.3 Å². The summed E-state index contributed by atoms with van der Waals surface area (Å²) in [6.07, 6.45) is 0.124. The zero-order valence-corrected chi connectivity index (χ0v) is 12.7. The fourth-order valence-corrected chi connectivity index (χ4v) is 2.03. The Hall–Kier alpha value is -2.29. The van der Waals surface area contributed by atoms with Crippen molar-refractivity contribution in [3.63, 3.8) is 0 Å². The Bertz CT molecular complexity index is 605. The number of nitrogens with one attached hydrogen (secondary N) is 1. The zero-order valence-electron chi connectivity index (χ0n) is 12.7. The molecule has 1 amide bonds. The van der Waals surface area contributed by atoms with Crippen LogP contribution in [0, 0.1) is 13.8 Å². The molecule has 3 heteroatoms. The molecule has 3 nitrogen and oxygen atoms in total.